The van der Waals surface area contributed by atoms with Crippen LogP contribution < -0.4 is 4.90 Å². The first-order chi connectivity index (χ1) is 10.8. The highest BCUT2D eigenvalue weighted by Crippen LogP contribution is 2.36. The second-order valence-electron chi connectivity index (χ2n) is 6.01. The molecule has 3 aromatic rings. The van der Waals surface area contributed by atoms with Crippen molar-refractivity contribution in [3.63, 3.8) is 0 Å². The summed E-state index contributed by atoms with van der Waals surface area (Å²) in [6.07, 6.45) is 2.21. The van der Waals surface area contributed by atoms with Gasteiger partial charge in [-0.1, -0.05) is 48.5 Å². The van der Waals surface area contributed by atoms with E-state index in [1.807, 2.05) is 0 Å². The predicted octanol–water partition coefficient (Wildman–Crippen LogP) is 4.57. The molecule has 0 bridgehead atoms. The number of aryl methyl sites for hydroxylation is 1. The zero-order valence-electron chi connectivity index (χ0n) is 13.3. The largest absolute Gasteiger partial charge is 0.370 e. The van der Waals surface area contributed by atoms with Crippen molar-refractivity contribution in [3.05, 3.63) is 71.4 Å². The van der Waals surface area contributed by atoms with Gasteiger partial charge in [0.25, 0.3) is 0 Å². The molecule has 0 N–H and O–H groups in total. The van der Waals surface area contributed by atoms with E-state index < -0.39 is 0 Å². The number of pyridine rings is 1. The number of aromatic nitrogens is 1. The minimum Gasteiger partial charge on any atom is -0.370 e. The quantitative estimate of drug-likeness (QED) is 0.701. The first-order valence-corrected chi connectivity index (χ1v) is 8.00. The number of hydrogen-bond donors (Lipinski definition) is 0. The van der Waals surface area contributed by atoms with E-state index in [1.165, 1.54) is 27.9 Å². The van der Waals surface area contributed by atoms with Crippen LogP contribution in [0.1, 0.15) is 16.8 Å². The lowest BCUT2D eigenvalue weighted by molar-refractivity contribution is 0.814. The molecule has 0 saturated carbocycles. The fraction of sp³-hybridized carbons (Fsp3) is 0.250. The smallest absolute Gasteiger partial charge is 0.0726 e. The van der Waals surface area contributed by atoms with Crippen molar-refractivity contribution in [1.82, 2.24) is 4.98 Å². The van der Waals surface area contributed by atoms with Gasteiger partial charge in [0.15, 0.2) is 0 Å². The Kier molecular flexibility index (Phi) is 4.53. The maximum atomic E-state index is 4.77. The van der Waals surface area contributed by atoms with Crippen molar-refractivity contribution >= 4 is 29.0 Å². The molecule has 0 amide bonds. The Morgan fingerprint density at radius 2 is 1.74 bits per heavy atom. The maximum absolute atomic E-state index is 4.77. The van der Waals surface area contributed by atoms with Gasteiger partial charge in [-0.2, -0.15) is 0 Å². The Morgan fingerprint density at radius 3 is 2.57 bits per heavy atom. The van der Waals surface area contributed by atoms with Crippen LogP contribution in [-0.4, -0.2) is 18.1 Å². The summed E-state index contributed by atoms with van der Waals surface area (Å²) in [5, 5.41) is 1.30. The lowest BCUT2D eigenvalue weighted by atomic mass is 10.1. The van der Waals surface area contributed by atoms with Crippen molar-refractivity contribution in [2.24, 2.45) is 0 Å². The van der Waals surface area contributed by atoms with Crippen LogP contribution in [0.3, 0.4) is 0 Å². The van der Waals surface area contributed by atoms with Gasteiger partial charge in [0.05, 0.1) is 11.2 Å². The van der Waals surface area contributed by atoms with Crippen LogP contribution in [0.5, 0.6) is 0 Å². The topological polar surface area (TPSA) is 16.1 Å². The van der Waals surface area contributed by atoms with Crippen molar-refractivity contribution < 1.29 is 0 Å². The van der Waals surface area contributed by atoms with Gasteiger partial charge < -0.3 is 4.90 Å². The summed E-state index contributed by atoms with van der Waals surface area (Å²) < 4.78 is 0. The number of rotatable bonds is 3. The molecule has 2 heterocycles. The van der Waals surface area contributed by atoms with Crippen LogP contribution >= 0.6 is 12.4 Å². The minimum absolute atomic E-state index is 0. The van der Waals surface area contributed by atoms with Crippen LogP contribution in [0.15, 0.2) is 54.6 Å². The van der Waals surface area contributed by atoms with Gasteiger partial charge in [-0.15, -0.1) is 12.4 Å². The number of nitrogens with zero attached hydrogens (tertiary/aromatic N) is 2. The molecule has 0 fully saturated rings. The van der Waals surface area contributed by atoms with Gasteiger partial charge in [-0.05, 0) is 37.0 Å². The third-order valence-corrected chi connectivity index (χ3v) is 4.63. The summed E-state index contributed by atoms with van der Waals surface area (Å²) in [7, 11) is 0. The van der Waals surface area contributed by atoms with E-state index in [9.17, 15) is 0 Å². The van der Waals surface area contributed by atoms with Crippen molar-refractivity contribution in [3.8, 4) is 0 Å². The van der Waals surface area contributed by atoms with E-state index in [4.69, 9.17) is 4.98 Å². The molecule has 0 atom stereocenters. The molecular weight excluding hydrogens is 304 g/mol. The summed E-state index contributed by atoms with van der Waals surface area (Å²) in [5.74, 6) is 0. The van der Waals surface area contributed by atoms with E-state index in [0.717, 1.165) is 31.4 Å². The van der Waals surface area contributed by atoms with Crippen molar-refractivity contribution in [2.45, 2.75) is 19.8 Å². The molecule has 4 rings (SSSR count). The molecule has 2 aromatic carbocycles. The fourth-order valence-corrected chi connectivity index (χ4v) is 3.50. The van der Waals surface area contributed by atoms with E-state index in [1.54, 1.807) is 0 Å². The van der Waals surface area contributed by atoms with E-state index in [-0.39, 0.29) is 12.4 Å². The Labute approximate surface area is 143 Å². The van der Waals surface area contributed by atoms with E-state index >= 15 is 0 Å². The van der Waals surface area contributed by atoms with E-state index in [2.05, 4.69) is 66.4 Å². The Morgan fingerprint density at radius 1 is 1.00 bits per heavy atom. The standard InChI is InChI=1S/C20H20N2.ClH/c1-15-17-12-14-22(13-11-16-7-3-2-4-8-16)20(17)18-9-5-6-10-19(18)21-15;/h2-10H,11-14H2,1H3;1H. The Hall–Kier alpha value is -2.06. The zero-order valence-corrected chi connectivity index (χ0v) is 14.1. The number of anilines is 1. The molecule has 0 aliphatic carbocycles. The van der Waals surface area contributed by atoms with Crippen LogP contribution in [0, 0.1) is 6.92 Å². The van der Waals surface area contributed by atoms with Crippen LogP contribution in [-0.2, 0) is 12.8 Å². The van der Waals surface area contributed by atoms with Gasteiger partial charge >= 0.3 is 0 Å². The predicted molar refractivity (Wildman–Crippen MR) is 99.8 cm³/mol. The van der Waals surface area contributed by atoms with Gasteiger partial charge in [0, 0.05) is 24.2 Å². The number of fused-ring (bicyclic) bond motifs is 3. The fourth-order valence-electron chi connectivity index (χ4n) is 3.50. The molecule has 1 aromatic heterocycles. The maximum Gasteiger partial charge on any atom is 0.0726 e. The summed E-state index contributed by atoms with van der Waals surface area (Å²) in [6, 6.07) is 19.3. The van der Waals surface area contributed by atoms with Gasteiger partial charge in [-0.3, -0.25) is 4.98 Å². The first kappa shape index (κ1) is 15.8. The normalized spacial score (nSPS) is 13.0. The average Bonchev–Trinajstić information content (AvgIpc) is 2.99. The molecule has 0 radical (unpaired) electrons. The van der Waals surface area contributed by atoms with Crippen molar-refractivity contribution in [2.75, 3.05) is 18.0 Å². The number of halogens is 1. The highest BCUT2D eigenvalue weighted by Gasteiger charge is 2.23. The third kappa shape index (κ3) is 2.91. The summed E-state index contributed by atoms with van der Waals surface area (Å²) in [5.41, 5.74) is 6.57. The average molecular weight is 325 g/mol. The molecule has 1 aliphatic heterocycles. The lowest BCUT2D eigenvalue weighted by Gasteiger charge is -2.21. The molecule has 118 valence electrons. The molecule has 1 aliphatic rings. The monoisotopic (exact) mass is 324 g/mol. The first-order valence-electron chi connectivity index (χ1n) is 8.00. The molecule has 0 unspecified atom stereocenters. The lowest BCUT2D eigenvalue weighted by Crippen LogP contribution is -2.23. The second kappa shape index (κ2) is 6.59. The Balaban J connectivity index is 0.00000156. The van der Waals surface area contributed by atoms with Gasteiger partial charge in [-0.25, -0.2) is 0 Å². The van der Waals surface area contributed by atoms with E-state index in [0.29, 0.717) is 0 Å². The SMILES string of the molecule is Cc1nc2ccccc2c2c1CCN2CCc1ccccc1.Cl. The second-order valence-corrected chi connectivity index (χ2v) is 6.01. The highest BCUT2D eigenvalue weighted by molar-refractivity contribution is 5.95. The summed E-state index contributed by atoms with van der Waals surface area (Å²) >= 11 is 0. The number of hydrogen-bond acceptors (Lipinski definition) is 2. The van der Waals surface area contributed by atoms with Crippen LogP contribution in [0.25, 0.3) is 10.9 Å². The highest BCUT2D eigenvalue weighted by atomic mass is 35.5. The number of para-hydroxylation sites is 1. The van der Waals surface area contributed by atoms with Gasteiger partial charge in [0.1, 0.15) is 0 Å². The van der Waals surface area contributed by atoms with Crippen molar-refractivity contribution in [1.29, 1.82) is 0 Å². The molecule has 0 spiro atoms. The zero-order chi connectivity index (χ0) is 14.9. The third-order valence-electron chi connectivity index (χ3n) is 4.63. The Bertz CT molecular complexity index is 814. The summed E-state index contributed by atoms with van der Waals surface area (Å²) in [4.78, 5) is 7.31. The molecular formula is C20H21ClN2. The number of benzene rings is 2. The molecule has 0 saturated heterocycles. The summed E-state index contributed by atoms with van der Waals surface area (Å²) in [6.45, 7) is 4.33. The minimum atomic E-state index is 0. The van der Waals surface area contributed by atoms with Crippen LogP contribution in [0.2, 0.25) is 0 Å². The van der Waals surface area contributed by atoms with Gasteiger partial charge in [0.2, 0.25) is 0 Å². The molecule has 3 heteroatoms. The molecule has 23 heavy (non-hydrogen) atoms. The molecule has 2 nitrogen and oxygen atoms in total. The van der Waals surface area contributed by atoms with Crippen LogP contribution in [0.4, 0.5) is 5.69 Å².